The molecule has 0 aliphatic carbocycles. The molecule has 1 amide bonds. The smallest absolute Gasteiger partial charge is 0.271 e. The van der Waals surface area contributed by atoms with Gasteiger partial charge in [0.15, 0.2) is 11.4 Å². The molecule has 20 heavy (non-hydrogen) atoms. The predicted molar refractivity (Wildman–Crippen MR) is 75.7 cm³/mol. The molecule has 2 aromatic rings. The van der Waals surface area contributed by atoms with E-state index in [1.165, 1.54) is 0 Å². The summed E-state index contributed by atoms with van der Waals surface area (Å²) >= 11 is 0. The summed E-state index contributed by atoms with van der Waals surface area (Å²) in [6.45, 7) is 4.27. The van der Waals surface area contributed by atoms with Crippen LogP contribution in [0.1, 0.15) is 23.0 Å². The Hall–Kier alpha value is -2.63. The van der Waals surface area contributed by atoms with Gasteiger partial charge in [0.2, 0.25) is 5.88 Å². The second-order valence-electron chi connectivity index (χ2n) is 4.21. The molecule has 0 bridgehead atoms. The number of rotatable bonds is 4. The van der Waals surface area contributed by atoms with Crippen molar-refractivity contribution < 1.29 is 9.53 Å². The molecule has 1 aromatic carbocycles. The summed E-state index contributed by atoms with van der Waals surface area (Å²) < 4.78 is 5.60. The van der Waals surface area contributed by atoms with Crippen molar-refractivity contribution in [3.8, 4) is 11.6 Å². The van der Waals surface area contributed by atoms with Crippen molar-refractivity contribution in [2.45, 2.75) is 13.8 Å². The Bertz CT molecular complexity index is 591. The monoisotopic (exact) mass is 272 g/mol. The molecule has 0 fully saturated rings. The van der Waals surface area contributed by atoms with E-state index in [0.717, 1.165) is 5.56 Å². The lowest BCUT2D eigenvalue weighted by atomic mass is 10.2. The predicted octanol–water partition coefficient (Wildman–Crippen LogP) is 1.91. The lowest BCUT2D eigenvalue weighted by molar-refractivity contribution is 0.0949. The van der Waals surface area contributed by atoms with Gasteiger partial charge < -0.3 is 15.8 Å². The standard InChI is InChI=1S/C14H16N4O2/c1-3-16-14(19)11-7-8-12(18-17-11)20-13-9(2)5-4-6-10(13)15/h4-8H,3,15H2,1-2H3,(H,16,19). The molecule has 2 rings (SSSR count). The first-order valence-corrected chi connectivity index (χ1v) is 6.26. The van der Waals surface area contributed by atoms with Gasteiger partial charge in [0.05, 0.1) is 5.69 Å². The van der Waals surface area contributed by atoms with Gasteiger partial charge in [0, 0.05) is 12.6 Å². The van der Waals surface area contributed by atoms with Crippen LogP contribution in [0.25, 0.3) is 0 Å². The Morgan fingerprint density at radius 3 is 2.70 bits per heavy atom. The molecule has 3 N–H and O–H groups in total. The largest absolute Gasteiger partial charge is 0.435 e. The van der Waals surface area contributed by atoms with Crippen LogP contribution in [0.4, 0.5) is 5.69 Å². The molecule has 0 aliphatic rings. The molecular weight excluding hydrogens is 256 g/mol. The van der Waals surface area contributed by atoms with E-state index in [1.54, 1.807) is 18.2 Å². The number of nitrogen functional groups attached to an aromatic ring is 1. The summed E-state index contributed by atoms with van der Waals surface area (Å²) in [4.78, 5) is 11.5. The molecule has 6 nitrogen and oxygen atoms in total. The molecule has 104 valence electrons. The third kappa shape index (κ3) is 3.03. The normalized spacial score (nSPS) is 10.1. The minimum absolute atomic E-state index is 0.247. The van der Waals surface area contributed by atoms with Gasteiger partial charge in [-0.1, -0.05) is 12.1 Å². The van der Waals surface area contributed by atoms with Crippen LogP contribution < -0.4 is 15.8 Å². The number of aryl methyl sites for hydroxylation is 1. The van der Waals surface area contributed by atoms with E-state index in [0.29, 0.717) is 23.9 Å². The Kier molecular flexibility index (Phi) is 4.14. The van der Waals surface area contributed by atoms with Crippen LogP contribution in [0.2, 0.25) is 0 Å². The number of nitrogens with two attached hydrogens (primary N) is 1. The molecule has 6 heteroatoms. The van der Waals surface area contributed by atoms with Crippen LogP contribution in [0, 0.1) is 6.92 Å². The first-order valence-electron chi connectivity index (χ1n) is 6.26. The topological polar surface area (TPSA) is 90.1 Å². The number of hydrogen-bond donors (Lipinski definition) is 2. The minimum atomic E-state index is -0.262. The molecule has 1 aromatic heterocycles. The maximum Gasteiger partial charge on any atom is 0.271 e. The fourth-order valence-electron chi connectivity index (χ4n) is 1.67. The van der Waals surface area contributed by atoms with E-state index < -0.39 is 0 Å². The zero-order valence-corrected chi connectivity index (χ0v) is 11.4. The summed E-state index contributed by atoms with van der Waals surface area (Å²) in [7, 11) is 0. The summed E-state index contributed by atoms with van der Waals surface area (Å²) in [5.74, 6) is 0.577. The zero-order valence-electron chi connectivity index (χ0n) is 11.4. The summed E-state index contributed by atoms with van der Waals surface area (Å²) in [6.07, 6.45) is 0. The highest BCUT2D eigenvalue weighted by Gasteiger charge is 2.09. The Labute approximate surface area is 117 Å². The highest BCUT2D eigenvalue weighted by Crippen LogP contribution is 2.29. The number of amides is 1. The van der Waals surface area contributed by atoms with Crippen molar-refractivity contribution >= 4 is 11.6 Å². The van der Waals surface area contributed by atoms with Crippen LogP contribution in [-0.4, -0.2) is 22.6 Å². The Morgan fingerprint density at radius 2 is 2.10 bits per heavy atom. The highest BCUT2D eigenvalue weighted by molar-refractivity contribution is 5.92. The quantitative estimate of drug-likeness (QED) is 0.830. The van der Waals surface area contributed by atoms with Crippen molar-refractivity contribution in [3.05, 3.63) is 41.6 Å². The fraction of sp³-hybridized carbons (Fsp3) is 0.214. The molecule has 0 saturated carbocycles. The van der Waals surface area contributed by atoms with Gasteiger partial charge in [-0.3, -0.25) is 4.79 Å². The lowest BCUT2D eigenvalue weighted by Gasteiger charge is -2.10. The first kappa shape index (κ1) is 13.8. The van der Waals surface area contributed by atoms with Crippen LogP contribution in [-0.2, 0) is 0 Å². The molecule has 0 aliphatic heterocycles. The average molecular weight is 272 g/mol. The van der Waals surface area contributed by atoms with Crippen molar-refractivity contribution in [2.24, 2.45) is 0 Å². The summed E-state index contributed by atoms with van der Waals surface area (Å²) in [5, 5.41) is 10.3. The highest BCUT2D eigenvalue weighted by atomic mass is 16.5. The third-order valence-electron chi connectivity index (χ3n) is 2.66. The first-order chi connectivity index (χ1) is 9.61. The minimum Gasteiger partial charge on any atom is -0.435 e. The van der Waals surface area contributed by atoms with Crippen molar-refractivity contribution in [1.29, 1.82) is 0 Å². The number of hydrogen-bond acceptors (Lipinski definition) is 5. The van der Waals surface area contributed by atoms with Gasteiger partial charge >= 0.3 is 0 Å². The molecule has 1 heterocycles. The molecule has 0 unspecified atom stereocenters. The number of benzene rings is 1. The van der Waals surface area contributed by atoms with Crippen LogP contribution in [0.3, 0.4) is 0 Å². The molecule has 0 atom stereocenters. The number of anilines is 1. The summed E-state index contributed by atoms with van der Waals surface area (Å²) in [6, 6.07) is 8.63. The number of nitrogens with one attached hydrogen (secondary N) is 1. The van der Waals surface area contributed by atoms with Gasteiger partial charge in [-0.15, -0.1) is 10.2 Å². The number of carbonyl (C=O) groups excluding carboxylic acids is 1. The van der Waals surface area contributed by atoms with Crippen molar-refractivity contribution in [1.82, 2.24) is 15.5 Å². The third-order valence-corrected chi connectivity index (χ3v) is 2.66. The lowest BCUT2D eigenvalue weighted by Crippen LogP contribution is -2.23. The second kappa shape index (κ2) is 6.01. The number of para-hydroxylation sites is 1. The molecular formula is C14H16N4O2. The van der Waals surface area contributed by atoms with E-state index in [9.17, 15) is 4.79 Å². The van der Waals surface area contributed by atoms with E-state index in [2.05, 4.69) is 15.5 Å². The number of carbonyl (C=O) groups is 1. The van der Waals surface area contributed by atoms with Crippen molar-refractivity contribution in [3.63, 3.8) is 0 Å². The average Bonchev–Trinajstić information content (AvgIpc) is 2.44. The maximum atomic E-state index is 11.5. The number of aromatic nitrogens is 2. The maximum absolute atomic E-state index is 11.5. The molecule has 0 radical (unpaired) electrons. The number of nitrogens with zero attached hydrogens (tertiary/aromatic N) is 2. The summed E-state index contributed by atoms with van der Waals surface area (Å²) in [5.41, 5.74) is 7.53. The van der Waals surface area contributed by atoms with Gasteiger partial charge in [0.1, 0.15) is 0 Å². The van der Waals surface area contributed by atoms with E-state index in [1.807, 2.05) is 26.0 Å². The molecule has 0 spiro atoms. The second-order valence-corrected chi connectivity index (χ2v) is 4.21. The number of ether oxygens (including phenoxy) is 1. The van der Waals surface area contributed by atoms with Crippen molar-refractivity contribution in [2.75, 3.05) is 12.3 Å². The van der Waals surface area contributed by atoms with Gasteiger partial charge in [-0.2, -0.15) is 0 Å². The SMILES string of the molecule is CCNC(=O)c1ccc(Oc2c(C)cccc2N)nn1. The van der Waals surface area contributed by atoms with Crippen LogP contribution in [0.5, 0.6) is 11.6 Å². The van der Waals surface area contributed by atoms with Gasteiger partial charge in [0.25, 0.3) is 5.91 Å². The zero-order chi connectivity index (χ0) is 14.5. The van der Waals surface area contributed by atoms with Crippen LogP contribution >= 0.6 is 0 Å². The van der Waals surface area contributed by atoms with E-state index in [4.69, 9.17) is 10.5 Å². The Morgan fingerprint density at radius 1 is 1.30 bits per heavy atom. The Balaban J connectivity index is 2.17. The van der Waals surface area contributed by atoms with Crippen LogP contribution in [0.15, 0.2) is 30.3 Å². The van der Waals surface area contributed by atoms with Gasteiger partial charge in [-0.25, -0.2) is 0 Å². The van der Waals surface area contributed by atoms with E-state index >= 15 is 0 Å². The van der Waals surface area contributed by atoms with E-state index in [-0.39, 0.29) is 11.6 Å². The fourth-order valence-corrected chi connectivity index (χ4v) is 1.67. The molecule has 0 saturated heterocycles. The van der Waals surface area contributed by atoms with Gasteiger partial charge in [-0.05, 0) is 31.5 Å².